The molecular formula is C28H31F3N6O3. The quantitative estimate of drug-likeness (QED) is 0.461. The second-order valence-electron chi connectivity index (χ2n) is 11.1. The average molecular weight is 557 g/mol. The van der Waals surface area contributed by atoms with Gasteiger partial charge in [0.15, 0.2) is 0 Å². The summed E-state index contributed by atoms with van der Waals surface area (Å²) >= 11 is 0. The minimum absolute atomic E-state index is 0.0380. The molecule has 2 saturated heterocycles. The number of alkyl halides is 3. The van der Waals surface area contributed by atoms with Gasteiger partial charge >= 0.3 is 6.18 Å². The van der Waals surface area contributed by atoms with Crippen molar-refractivity contribution < 1.29 is 22.7 Å². The second-order valence-corrected chi connectivity index (χ2v) is 11.1. The summed E-state index contributed by atoms with van der Waals surface area (Å²) in [5.74, 6) is -0.201. The minimum atomic E-state index is -4.18. The third kappa shape index (κ3) is 4.72. The number of hydrogen-bond donors (Lipinski definition) is 2. The summed E-state index contributed by atoms with van der Waals surface area (Å²) in [6.45, 7) is 1.62. The van der Waals surface area contributed by atoms with Gasteiger partial charge in [-0.3, -0.25) is 19.0 Å². The van der Waals surface area contributed by atoms with Crippen LogP contribution in [0.4, 0.5) is 24.7 Å². The fourth-order valence-electron chi connectivity index (χ4n) is 5.79. The number of carbonyl (C=O) groups excluding carboxylic acids is 1. The van der Waals surface area contributed by atoms with Gasteiger partial charge < -0.3 is 20.3 Å². The van der Waals surface area contributed by atoms with E-state index in [1.54, 1.807) is 36.7 Å². The van der Waals surface area contributed by atoms with Crippen molar-refractivity contribution in [3.8, 4) is 0 Å². The number of piperidine rings is 1. The molecule has 1 aliphatic carbocycles. The van der Waals surface area contributed by atoms with Crippen molar-refractivity contribution >= 4 is 23.1 Å². The van der Waals surface area contributed by atoms with Gasteiger partial charge in [-0.25, -0.2) is 4.98 Å². The zero-order chi connectivity index (χ0) is 28.0. The Labute approximate surface area is 228 Å². The summed E-state index contributed by atoms with van der Waals surface area (Å²) in [6.07, 6.45) is 1.82. The lowest BCUT2D eigenvalue weighted by atomic mass is 9.68. The number of nitrogens with one attached hydrogen (secondary N) is 2. The summed E-state index contributed by atoms with van der Waals surface area (Å²) < 4.78 is 47.5. The zero-order valence-corrected chi connectivity index (χ0v) is 21.9. The highest BCUT2D eigenvalue weighted by molar-refractivity contribution is 5.99. The van der Waals surface area contributed by atoms with Crippen LogP contribution < -0.4 is 21.1 Å². The maximum absolute atomic E-state index is 13.6. The second kappa shape index (κ2) is 10.2. The van der Waals surface area contributed by atoms with E-state index >= 15 is 0 Å². The molecule has 0 radical (unpaired) electrons. The fraction of sp³-hybridized carbons (Fsp3) is 0.500. The van der Waals surface area contributed by atoms with E-state index < -0.39 is 17.0 Å². The van der Waals surface area contributed by atoms with Crippen LogP contribution in [0.25, 0.3) is 5.65 Å². The van der Waals surface area contributed by atoms with E-state index in [1.807, 2.05) is 6.07 Å². The number of pyridine rings is 2. The molecule has 212 valence electrons. The molecule has 3 aromatic rings. The lowest BCUT2D eigenvalue weighted by molar-refractivity contribution is -0.248. The Morgan fingerprint density at radius 2 is 1.98 bits per heavy atom. The number of ether oxygens (including phenoxy) is 1. The van der Waals surface area contributed by atoms with Gasteiger partial charge in [0.05, 0.1) is 36.2 Å². The molecule has 9 nitrogen and oxygen atoms in total. The number of anilines is 2. The molecule has 3 aliphatic rings. The number of aromatic nitrogens is 3. The molecule has 1 atom stereocenters. The van der Waals surface area contributed by atoms with Crippen molar-refractivity contribution in [2.24, 2.45) is 5.41 Å². The molecule has 3 aromatic heterocycles. The Bertz CT molecular complexity index is 1450. The molecule has 2 aliphatic heterocycles. The first-order valence-corrected chi connectivity index (χ1v) is 13.6. The first-order valence-electron chi connectivity index (χ1n) is 13.6. The molecule has 1 saturated carbocycles. The van der Waals surface area contributed by atoms with Crippen LogP contribution in [0.1, 0.15) is 37.8 Å². The van der Waals surface area contributed by atoms with Crippen LogP contribution in [0.5, 0.6) is 0 Å². The monoisotopic (exact) mass is 556 g/mol. The summed E-state index contributed by atoms with van der Waals surface area (Å²) in [7, 11) is 0. The summed E-state index contributed by atoms with van der Waals surface area (Å²) in [4.78, 5) is 36.9. The Morgan fingerprint density at radius 1 is 1.15 bits per heavy atom. The average Bonchev–Trinajstić information content (AvgIpc) is 2.87. The third-order valence-electron chi connectivity index (χ3n) is 8.61. The molecule has 2 N–H and O–H groups in total. The van der Waals surface area contributed by atoms with Gasteiger partial charge in [-0.2, -0.15) is 13.2 Å². The molecule has 3 fully saturated rings. The van der Waals surface area contributed by atoms with Crippen LogP contribution in [-0.2, 0) is 14.9 Å². The van der Waals surface area contributed by atoms with Gasteiger partial charge in [0.25, 0.3) is 5.56 Å². The van der Waals surface area contributed by atoms with Crippen molar-refractivity contribution in [3.05, 3.63) is 64.8 Å². The van der Waals surface area contributed by atoms with Gasteiger partial charge in [-0.05, 0) is 49.9 Å². The van der Waals surface area contributed by atoms with Crippen LogP contribution >= 0.6 is 0 Å². The number of carbonyl (C=O) groups is 1. The maximum Gasteiger partial charge on any atom is 0.395 e. The van der Waals surface area contributed by atoms with Gasteiger partial charge in [0.2, 0.25) is 5.91 Å². The molecule has 40 heavy (non-hydrogen) atoms. The van der Waals surface area contributed by atoms with E-state index in [0.717, 1.165) is 25.1 Å². The summed E-state index contributed by atoms with van der Waals surface area (Å²) in [5.41, 5.74) is -1.09. The summed E-state index contributed by atoms with van der Waals surface area (Å²) in [5, 5.41) is 5.96. The third-order valence-corrected chi connectivity index (χ3v) is 8.61. The van der Waals surface area contributed by atoms with Crippen molar-refractivity contribution in [1.29, 1.82) is 0 Å². The van der Waals surface area contributed by atoms with Crippen LogP contribution in [0.3, 0.4) is 0 Å². The van der Waals surface area contributed by atoms with Crippen LogP contribution in [0, 0.1) is 5.41 Å². The van der Waals surface area contributed by atoms with E-state index in [1.165, 1.54) is 10.5 Å². The number of amides is 1. The molecule has 0 aromatic carbocycles. The number of fused-ring (bicyclic) bond motifs is 1. The highest BCUT2D eigenvalue weighted by Crippen LogP contribution is 2.52. The SMILES string of the molecule is O=C(Nc1cc(=O)n2ccccc2n1)C1(c2ccc(N3CCCC(NCC4(C(F)(F)F)CCC4)C3)cn2)COC1. The number of rotatable bonds is 7. The molecule has 0 bridgehead atoms. The molecule has 5 heterocycles. The van der Waals surface area contributed by atoms with Gasteiger partial charge in [0, 0.05) is 37.9 Å². The molecule has 1 unspecified atom stereocenters. The smallest absolute Gasteiger partial charge is 0.378 e. The topological polar surface area (TPSA) is 101 Å². The van der Waals surface area contributed by atoms with E-state index in [2.05, 4.69) is 25.5 Å². The van der Waals surface area contributed by atoms with Gasteiger partial charge in [-0.15, -0.1) is 0 Å². The summed E-state index contributed by atoms with van der Waals surface area (Å²) in [6, 6.07) is 10.1. The van der Waals surface area contributed by atoms with Crippen molar-refractivity contribution in [1.82, 2.24) is 19.7 Å². The Morgan fingerprint density at radius 3 is 2.62 bits per heavy atom. The number of hydrogen-bond acceptors (Lipinski definition) is 7. The molecule has 12 heteroatoms. The van der Waals surface area contributed by atoms with Crippen LogP contribution in [-0.4, -0.2) is 65.3 Å². The van der Waals surface area contributed by atoms with Crippen LogP contribution in [0.2, 0.25) is 0 Å². The Kier molecular flexibility index (Phi) is 6.78. The molecule has 0 spiro atoms. The van der Waals surface area contributed by atoms with Crippen molar-refractivity contribution in [2.45, 2.75) is 49.7 Å². The molecule has 6 rings (SSSR count). The van der Waals surface area contributed by atoms with E-state index in [0.29, 0.717) is 24.3 Å². The van der Waals surface area contributed by atoms with Gasteiger partial charge in [-0.1, -0.05) is 12.5 Å². The van der Waals surface area contributed by atoms with E-state index in [-0.39, 0.29) is 55.9 Å². The minimum Gasteiger partial charge on any atom is -0.378 e. The lowest BCUT2D eigenvalue weighted by Gasteiger charge is -2.45. The van der Waals surface area contributed by atoms with Crippen molar-refractivity contribution in [3.63, 3.8) is 0 Å². The van der Waals surface area contributed by atoms with Crippen LogP contribution in [0.15, 0.2) is 53.6 Å². The number of halogens is 3. The van der Waals surface area contributed by atoms with Gasteiger partial charge in [0.1, 0.15) is 16.9 Å². The Balaban J connectivity index is 1.12. The lowest BCUT2D eigenvalue weighted by Crippen LogP contribution is -2.56. The highest BCUT2D eigenvalue weighted by atomic mass is 19.4. The van der Waals surface area contributed by atoms with E-state index in [4.69, 9.17) is 4.74 Å². The normalized spacial score (nSPS) is 21.9. The van der Waals surface area contributed by atoms with Crippen molar-refractivity contribution in [2.75, 3.05) is 43.1 Å². The maximum atomic E-state index is 13.6. The highest BCUT2D eigenvalue weighted by Gasteiger charge is 2.58. The molecule has 1 amide bonds. The first kappa shape index (κ1) is 26.7. The zero-order valence-electron chi connectivity index (χ0n) is 21.9. The number of nitrogens with zero attached hydrogens (tertiary/aromatic N) is 4. The van der Waals surface area contributed by atoms with E-state index in [9.17, 15) is 22.8 Å². The Hall–Kier alpha value is -3.51. The predicted octanol–water partition coefficient (Wildman–Crippen LogP) is 3.29. The molecular weight excluding hydrogens is 525 g/mol. The fourth-order valence-corrected chi connectivity index (χ4v) is 5.79. The largest absolute Gasteiger partial charge is 0.395 e. The predicted molar refractivity (Wildman–Crippen MR) is 142 cm³/mol. The first-order chi connectivity index (χ1) is 19.2. The standard InChI is InChI=1S/C28H31F3N6O3/c29-28(30,31)26(9-4-10-26)16-33-19-5-3-11-36(15-19)20-7-8-21(32-14-20)27(17-40-18-27)25(39)35-22-13-24(38)37-12-2-1-6-23(37)34-22/h1-2,6-8,12-14,19,33H,3-5,9-11,15-18H2,(H,35,39).